The lowest BCUT2D eigenvalue weighted by atomic mass is 9.93. The number of ether oxygens (including phenoxy) is 2. The van der Waals surface area contributed by atoms with Crippen molar-refractivity contribution in [3.05, 3.63) is 157 Å². The van der Waals surface area contributed by atoms with E-state index in [2.05, 4.69) is 9.97 Å². The minimum atomic E-state index is -1.80. The van der Waals surface area contributed by atoms with E-state index in [-0.39, 0.29) is 17.5 Å². The molecular formula is C45H34N4O4. The monoisotopic (exact) mass is 694 g/mol. The fourth-order valence-electron chi connectivity index (χ4n) is 7.13. The summed E-state index contributed by atoms with van der Waals surface area (Å²) < 4.78 is 12.7. The standard InChI is InChI=1S/C45H34N4O4/c1-27(2)45(51)41-37(29-17-9-4-10-18-29)33-24-23-32(46-33)36(28-15-7-3-8-16-28)40-44(50)52-42(48-40)38(30-19-11-5-12-20-30)34-25-26-35(47-34)39(43(49-41)53-45)31-21-13-6-14-22-31/h3-27,46-47,51H,1-2H3. The minimum Gasteiger partial charge on any atom is -0.438 e. The van der Waals surface area contributed by atoms with Crippen molar-refractivity contribution in [3.63, 3.8) is 0 Å². The molecule has 258 valence electrons. The number of esters is 1. The van der Waals surface area contributed by atoms with Crippen LogP contribution in [0.2, 0.25) is 0 Å². The number of aromatic amines is 2. The van der Waals surface area contributed by atoms with Crippen molar-refractivity contribution in [2.45, 2.75) is 19.6 Å². The molecule has 0 radical (unpaired) electrons. The van der Waals surface area contributed by atoms with Crippen LogP contribution >= 0.6 is 0 Å². The van der Waals surface area contributed by atoms with Gasteiger partial charge in [-0.3, -0.25) is 0 Å². The number of hydrogen-bond acceptors (Lipinski definition) is 6. The van der Waals surface area contributed by atoms with Crippen molar-refractivity contribution < 1.29 is 19.4 Å². The van der Waals surface area contributed by atoms with Crippen LogP contribution in [-0.4, -0.2) is 31.0 Å². The number of nitrogens with zero attached hydrogens (tertiary/aromatic N) is 2. The Morgan fingerprint density at radius 3 is 1.40 bits per heavy atom. The number of hydrogen-bond donors (Lipinski definition) is 3. The Bertz CT molecular complexity index is 2670. The van der Waals surface area contributed by atoms with Crippen LogP contribution in [-0.2, 0) is 5.79 Å². The Balaban J connectivity index is 1.53. The number of fused-ring (bicyclic) bond motifs is 8. The van der Waals surface area contributed by atoms with E-state index in [4.69, 9.17) is 19.4 Å². The van der Waals surface area contributed by atoms with Crippen molar-refractivity contribution in [1.82, 2.24) is 19.9 Å². The predicted molar refractivity (Wildman–Crippen MR) is 207 cm³/mol. The van der Waals surface area contributed by atoms with Crippen LogP contribution in [0.1, 0.15) is 30.0 Å². The molecule has 53 heavy (non-hydrogen) atoms. The van der Waals surface area contributed by atoms with E-state index in [0.717, 1.165) is 22.3 Å². The molecule has 0 aliphatic carbocycles. The van der Waals surface area contributed by atoms with Crippen molar-refractivity contribution >= 4 is 28.0 Å². The fourth-order valence-corrected chi connectivity index (χ4v) is 7.13. The lowest BCUT2D eigenvalue weighted by Gasteiger charge is -2.28. The highest BCUT2D eigenvalue weighted by molar-refractivity contribution is 6.04. The second-order valence-corrected chi connectivity index (χ2v) is 13.4. The number of carbonyl (C=O) groups is 1. The molecule has 0 fully saturated rings. The SMILES string of the molecule is CC(C)C1(O)Oc2nc1c(-c1ccccc1)c1ccc([nH]1)c(-c1ccccc1)c1nc(c(-c3ccccc3)c3ccc([nH]3)c2-c2ccccc2)OC1=O. The van der Waals surface area contributed by atoms with E-state index in [1.54, 1.807) is 0 Å². The zero-order chi connectivity index (χ0) is 36.1. The third kappa shape index (κ3) is 5.48. The van der Waals surface area contributed by atoms with Gasteiger partial charge in [-0.25, -0.2) is 14.8 Å². The van der Waals surface area contributed by atoms with Gasteiger partial charge in [0.2, 0.25) is 11.8 Å². The zero-order valence-corrected chi connectivity index (χ0v) is 29.0. The molecule has 0 saturated carbocycles. The molecule has 1 atom stereocenters. The third-order valence-electron chi connectivity index (χ3n) is 9.78. The summed E-state index contributed by atoms with van der Waals surface area (Å²) in [5.41, 5.74) is 8.94. The highest BCUT2D eigenvalue weighted by atomic mass is 16.6. The lowest BCUT2D eigenvalue weighted by Crippen LogP contribution is -2.36. The van der Waals surface area contributed by atoms with E-state index in [1.807, 2.05) is 159 Å². The maximum atomic E-state index is 14.0. The Labute approximate surface area is 305 Å². The lowest BCUT2D eigenvalue weighted by molar-refractivity contribution is -0.169. The van der Waals surface area contributed by atoms with Gasteiger partial charge < -0.3 is 24.5 Å². The second-order valence-electron chi connectivity index (χ2n) is 13.4. The predicted octanol–water partition coefficient (Wildman–Crippen LogP) is 10.1. The summed E-state index contributed by atoms with van der Waals surface area (Å²) in [4.78, 5) is 31.4. The van der Waals surface area contributed by atoms with Crippen LogP contribution in [0.15, 0.2) is 146 Å². The largest absolute Gasteiger partial charge is 0.438 e. The van der Waals surface area contributed by atoms with Crippen LogP contribution in [0.5, 0.6) is 11.8 Å². The molecule has 8 heteroatoms. The molecule has 0 saturated heterocycles. The molecule has 4 aromatic carbocycles. The molecule has 8 nitrogen and oxygen atoms in total. The topological polar surface area (TPSA) is 113 Å². The molecule has 1 unspecified atom stereocenters. The average Bonchev–Trinajstić information content (AvgIpc) is 4.00. The van der Waals surface area contributed by atoms with E-state index < -0.39 is 17.7 Å². The third-order valence-corrected chi connectivity index (χ3v) is 9.78. The van der Waals surface area contributed by atoms with Gasteiger partial charge in [0.15, 0.2) is 5.69 Å². The van der Waals surface area contributed by atoms with Gasteiger partial charge >= 0.3 is 5.97 Å². The highest BCUT2D eigenvalue weighted by Crippen LogP contribution is 2.46. The van der Waals surface area contributed by atoms with Crippen LogP contribution in [0.25, 0.3) is 66.6 Å². The van der Waals surface area contributed by atoms with Crippen LogP contribution in [0, 0.1) is 5.92 Å². The summed E-state index contributed by atoms with van der Waals surface area (Å²) in [5.74, 6) is -2.32. The first-order valence-corrected chi connectivity index (χ1v) is 17.5. The van der Waals surface area contributed by atoms with E-state index in [9.17, 15) is 9.90 Å². The number of benzene rings is 4. The molecule has 9 rings (SSSR count). The molecule has 0 spiro atoms. The summed E-state index contributed by atoms with van der Waals surface area (Å²) in [6.07, 6.45) is 0. The smallest absolute Gasteiger partial charge is 0.364 e. The van der Waals surface area contributed by atoms with E-state index >= 15 is 0 Å². The van der Waals surface area contributed by atoms with Gasteiger partial charge in [0, 0.05) is 28.1 Å². The molecule has 5 heterocycles. The van der Waals surface area contributed by atoms with Crippen molar-refractivity contribution in [2.75, 3.05) is 0 Å². The van der Waals surface area contributed by atoms with E-state index in [1.165, 1.54) is 0 Å². The first-order chi connectivity index (χ1) is 25.9. The first kappa shape index (κ1) is 32.2. The second kappa shape index (κ2) is 12.8. The Hall–Kier alpha value is -6.77. The van der Waals surface area contributed by atoms with Gasteiger partial charge in [-0.15, -0.1) is 0 Å². The Morgan fingerprint density at radius 2 is 0.925 bits per heavy atom. The number of aromatic nitrogens is 4. The summed E-state index contributed by atoms with van der Waals surface area (Å²) in [7, 11) is 0. The molecule has 8 bridgehead atoms. The van der Waals surface area contributed by atoms with Gasteiger partial charge in [-0.05, 0) is 46.5 Å². The molecule has 7 aromatic rings. The van der Waals surface area contributed by atoms with Gasteiger partial charge in [-0.2, -0.15) is 0 Å². The number of nitrogens with one attached hydrogen (secondary N) is 2. The molecule has 3 aromatic heterocycles. The first-order valence-electron chi connectivity index (χ1n) is 17.5. The van der Waals surface area contributed by atoms with Gasteiger partial charge in [0.25, 0.3) is 5.79 Å². The summed E-state index contributed by atoms with van der Waals surface area (Å²) >= 11 is 0. The van der Waals surface area contributed by atoms with Crippen molar-refractivity contribution in [3.8, 4) is 56.3 Å². The zero-order valence-electron chi connectivity index (χ0n) is 29.0. The summed E-state index contributed by atoms with van der Waals surface area (Å²) in [6, 6.07) is 46.7. The summed E-state index contributed by atoms with van der Waals surface area (Å²) in [5, 5.41) is 12.6. The number of rotatable bonds is 5. The molecule has 0 amide bonds. The van der Waals surface area contributed by atoms with Gasteiger partial charge in [-0.1, -0.05) is 135 Å². The van der Waals surface area contributed by atoms with Gasteiger partial charge in [0.05, 0.1) is 22.2 Å². The highest BCUT2D eigenvalue weighted by Gasteiger charge is 2.45. The number of aliphatic hydroxyl groups is 1. The maximum Gasteiger partial charge on any atom is 0.364 e. The van der Waals surface area contributed by atoms with Crippen molar-refractivity contribution in [1.29, 1.82) is 0 Å². The summed E-state index contributed by atoms with van der Waals surface area (Å²) in [6.45, 7) is 3.83. The maximum absolute atomic E-state index is 14.0. The van der Waals surface area contributed by atoms with Crippen molar-refractivity contribution in [2.24, 2.45) is 5.92 Å². The molecule has 2 aliphatic rings. The fraction of sp³-hybridized carbons (Fsp3) is 0.0889. The minimum absolute atomic E-state index is 0.167. The molecular weight excluding hydrogens is 661 g/mol. The van der Waals surface area contributed by atoms with Gasteiger partial charge in [0.1, 0.15) is 5.69 Å². The average molecular weight is 695 g/mol. The normalized spacial score (nSPS) is 15.3. The number of carbonyl (C=O) groups excluding carboxylic acids is 1. The Morgan fingerprint density at radius 1 is 0.528 bits per heavy atom. The molecule has 3 N–H and O–H groups in total. The van der Waals surface area contributed by atoms with Crippen LogP contribution in [0.3, 0.4) is 0 Å². The molecule has 2 aliphatic heterocycles. The quantitative estimate of drug-likeness (QED) is 0.155. The van der Waals surface area contributed by atoms with Crippen LogP contribution < -0.4 is 9.47 Å². The number of H-pyrrole nitrogens is 2. The Kier molecular flexibility index (Phi) is 7.75. The van der Waals surface area contributed by atoms with Crippen LogP contribution in [0.4, 0.5) is 0 Å². The van der Waals surface area contributed by atoms with E-state index in [0.29, 0.717) is 50.0 Å².